The van der Waals surface area contributed by atoms with E-state index in [0.717, 1.165) is 9.35 Å². The van der Waals surface area contributed by atoms with Crippen molar-refractivity contribution in [2.75, 3.05) is 11.0 Å². The average Bonchev–Trinajstić information content (AvgIpc) is 2.85. The Labute approximate surface area is 152 Å². The van der Waals surface area contributed by atoms with Gasteiger partial charge in [-0.1, -0.05) is 34.4 Å². The Morgan fingerprint density at radius 2 is 2.38 bits per heavy atom. The summed E-state index contributed by atoms with van der Waals surface area (Å²) in [4.78, 5) is 16.6. The van der Waals surface area contributed by atoms with Crippen molar-refractivity contribution >= 4 is 72.9 Å². The van der Waals surface area contributed by atoms with E-state index in [1.54, 1.807) is 11.3 Å². The van der Waals surface area contributed by atoms with E-state index in [1.165, 1.54) is 11.8 Å². The first kappa shape index (κ1) is 17.5. The summed E-state index contributed by atoms with van der Waals surface area (Å²) in [7, 11) is 0. The minimum absolute atomic E-state index is 0.0247. The van der Waals surface area contributed by atoms with Crippen LogP contribution in [0, 0.1) is 0 Å². The van der Waals surface area contributed by atoms with E-state index in [9.17, 15) is 9.90 Å². The van der Waals surface area contributed by atoms with Gasteiger partial charge in [-0.15, -0.1) is 11.3 Å². The summed E-state index contributed by atoms with van der Waals surface area (Å²) >= 11 is 8.54. The third-order valence-electron chi connectivity index (χ3n) is 3.17. The number of halogens is 2. The number of carbonyl (C=O) groups is 1. The van der Waals surface area contributed by atoms with Gasteiger partial charge in [0.1, 0.15) is 0 Å². The molecule has 1 aromatic rings. The van der Waals surface area contributed by atoms with Crippen LogP contribution in [0.25, 0.3) is 0 Å². The molecule has 9 heteroatoms. The van der Waals surface area contributed by atoms with E-state index in [4.69, 9.17) is 5.11 Å². The number of aliphatic imine (C=N–C) groups is 1. The highest BCUT2D eigenvalue weighted by Gasteiger charge is 2.45. The highest BCUT2D eigenvalue weighted by atomic mass is 127. The molecule has 2 heterocycles. The van der Waals surface area contributed by atoms with Crippen LogP contribution in [0.15, 0.2) is 20.9 Å². The van der Waals surface area contributed by atoms with Crippen LogP contribution < -0.4 is 5.32 Å². The van der Waals surface area contributed by atoms with Gasteiger partial charge in [0.25, 0.3) is 0 Å². The second kappa shape index (κ2) is 6.73. The van der Waals surface area contributed by atoms with E-state index in [1.807, 2.05) is 18.4 Å². The molecule has 1 aliphatic heterocycles. The molecule has 0 aliphatic carbocycles. The fourth-order valence-electron chi connectivity index (χ4n) is 2.24. The molecule has 21 heavy (non-hydrogen) atoms. The first-order valence-corrected chi connectivity index (χ1v) is 10.0. The molecule has 2 rings (SSSR count). The van der Waals surface area contributed by atoms with Gasteiger partial charge in [0, 0.05) is 19.2 Å². The molecule has 0 aromatic carbocycles. The number of thiophene rings is 1. The van der Waals surface area contributed by atoms with Gasteiger partial charge in [0.15, 0.2) is 5.17 Å². The summed E-state index contributed by atoms with van der Waals surface area (Å²) in [5.41, 5.74) is -0.548. The third kappa shape index (κ3) is 3.92. The van der Waals surface area contributed by atoms with E-state index in [0.29, 0.717) is 16.0 Å². The first-order chi connectivity index (χ1) is 9.82. The normalized spacial score (nSPS) is 29.0. The Hall–Kier alpha value is 0.160. The second-order valence-electron chi connectivity index (χ2n) is 5.00. The van der Waals surface area contributed by atoms with Crippen molar-refractivity contribution in [2.45, 2.75) is 23.6 Å². The standard InChI is InChI=1S/C12H14BrIN2O3S2/c1-11(8-2-7(13)3-20-8)4-12(5-14,6-17)21-9(16-11)15-10(18)19/h2-3,17H,4-6H2,1H3,(H,15,16)(H,18,19). The molecule has 2 unspecified atom stereocenters. The molecule has 0 radical (unpaired) electrons. The molecule has 0 fully saturated rings. The van der Waals surface area contributed by atoms with Gasteiger partial charge in [0.2, 0.25) is 0 Å². The quantitative estimate of drug-likeness (QED) is 0.433. The SMILES string of the molecule is CC1(c2cc(Br)cs2)CC(CO)(CI)SC(NC(=O)O)=N1. The number of aliphatic hydroxyl groups is 1. The van der Waals surface area contributed by atoms with Crippen LogP contribution in [-0.4, -0.2) is 37.3 Å². The third-order valence-corrected chi connectivity index (χ3v) is 8.33. The molecule has 0 bridgehead atoms. The molecule has 2 atom stereocenters. The zero-order chi connectivity index (χ0) is 15.7. The van der Waals surface area contributed by atoms with Crippen molar-refractivity contribution in [3.63, 3.8) is 0 Å². The Bertz CT molecular complexity index is 577. The van der Waals surface area contributed by atoms with Crippen LogP contribution >= 0.6 is 61.6 Å². The van der Waals surface area contributed by atoms with Gasteiger partial charge >= 0.3 is 6.09 Å². The lowest BCUT2D eigenvalue weighted by Gasteiger charge is -2.41. The van der Waals surface area contributed by atoms with Crippen LogP contribution in [0.2, 0.25) is 0 Å². The van der Waals surface area contributed by atoms with Gasteiger partial charge in [-0.3, -0.25) is 10.3 Å². The Kier molecular flexibility index (Phi) is 5.61. The summed E-state index contributed by atoms with van der Waals surface area (Å²) in [6.45, 7) is 1.95. The van der Waals surface area contributed by atoms with E-state index < -0.39 is 16.4 Å². The molecule has 3 N–H and O–H groups in total. The number of amides is 1. The number of amidine groups is 1. The highest BCUT2D eigenvalue weighted by molar-refractivity contribution is 14.1. The molecule has 1 amide bonds. The summed E-state index contributed by atoms with van der Waals surface area (Å²) < 4.78 is 1.24. The topological polar surface area (TPSA) is 81.9 Å². The Morgan fingerprint density at radius 1 is 1.67 bits per heavy atom. The van der Waals surface area contributed by atoms with E-state index >= 15 is 0 Å². The summed E-state index contributed by atoms with van der Waals surface area (Å²) in [6, 6.07) is 2.00. The van der Waals surface area contributed by atoms with Crippen molar-refractivity contribution in [1.82, 2.24) is 5.32 Å². The summed E-state index contributed by atoms with van der Waals surface area (Å²) in [6.07, 6.45) is -0.486. The number of aliphatic hydroxyl groups excluding tert-OH is 1. The lowest BCUT2D eigenvalue weighted by atomic mass is 9.88. The molecule has 5 nitrogen and oxygen atoms in total. The molecule has 0 saturated carbocycles. The first-order valence-electron chi connectivity index (χ1n) is 6.03. The minimum atomic E-state index is -1.14. The number of nitrogens with one attached hydrogen (secondary N) is 1. The molecule has 116 valence electrons. The van der Waals surface area contributed by atoms with Gasteiger partial charge in [-0.05, 0) is 35.3 Å². The fourth-order valence-corrected chi connectivity index (χ4v) is 6.02. The Morgan fingerprint density at radius 3 is 2.86 bits per heavy atom. The summed E-state index contributed by atoms with van der Waals surface area (Å²) in [5, 5.41) is 23.4. The molecular formula is C12H14BrIN2O3S2. The number of rotatable bonds is 3. The number of hydrogen-bond donors (Lipinski definition) is 3. The van der Waals surface area contributed by atoms with Gasteiger partial charge < -0.3 is 10.2 Å². The minimum Gasteiger partial charge on any atom is -0.465 e. The lowest BCUT2D eigenvalue weighted by Crippen LogP contribution is -2.47. The summed E-state index contributed by atoms with van der Waals surface area (Å²) in [5.74, 6) is 0. The average molecular weight is 505 g/mol. The van der Waals surface area contributed by atoms with Gasteiger partial charge in [-0.25, -0.2) is 4.79 Å². The van der Waals surface area contributed by atoms with Gasteiger partial charge in [0.05, 0.1) is 16.9 Å². The molecule has 0 spiro atoms. The van der Waals surface area contributed by atoms with E-state index in [2.05, 4.69) is 48.8 Å². The number of alkyl halides is 1. The molecule has 1 aromatic heterocycles. The number of carboxylic acid groups (broad SMARTS) is 1. The maximum atomic E-state index is 10.9. The maximum absolute atomic E-state index is 10.9. The number of thioether (sulfide) groups is 1. The van der Waals surface area contributed by atoms with Crippen molar-refractivity contribution in [1.29, 1.82) is 0 Å². The van der Waals surface area contributed by atoms with Crippen LogP contribution in [0.3, 0.4) is 0 Å². The van der Waals surface area contributed by atoms with Crippen molar-refractivity contribution in [3.05, 3.63) is 20.8 Å². The monoisotopic (exact) mass is 504 g/mol. The zero-order valence-electron chi connectivity index (χ0n) is 11.1. The predicted molar refractivity (Wildman–Crippen MR) is 98.9 cm³/mol. The fraction of sp³-hybridized carbons (Fsp3) is 0.500. The van der Waals surface area contributed by atoms with E-state index in [-0.39, 0.29) is 6.61 Å². The number of nitrogens with zero attached hydrogens (tertiary/aromatic N) is 1. The largest absolute Gasteiger partial charge is 0.465 e. The van der Waals surface area contributed by atoms with Crippen LogP contribution in [-0.2, 0) is 5.54 Å². The highest BCUT2D eigenvalue weighted by Crippen LogP contribution is 2.48. The predicted octanol–water partition coefficient (Wildman–Crippen LogP) is 3.65. The lowest BCUT2D eigenvalue weighted by molar-refractivity contribution is 0.200. The van der Waals surface area contributed by atoms with Crippen molar-refractivity contribution in [2.24, 2.45) is 4.99 Å². The van der Waals surface area contributed by atoms with Crippen molar-refractivity contribution in [3.8, 4) is 0 Å². The zero-order valence-corrected chi connectivity index (χ0v) is 16.5. The molecule has 0 saturated heterocycles. The number of hydrogen-bond acceptors (Lipinski definition) is 5. The second-order valence-corrected chi connectivity index (χ2v) is 9.05. The van der Waals surface area contributed by atoms with Crippen LogP contribution in [0.4, 0.5) is 4.79 Å². The van der Waals surface area contributed by atoms with Gasteiger partial charge in [-0.2, -0.15) is 0 Å². The van der Waals surface area contributed by atoms with Crippen LogP contribution in [0.5, 0.6) is 0 Å². The van der Waals surface area contributed by atoms with Crippen LogP contribution in [0.1, 0.15) is 18.2 Å². The molecular weight excluding hydrogens is 491 g/mol. The molecule has 1 aliphatic rings. The van der Waals surface area contributed by atoms with Crippen molar-refractivity contribution < 1.29 is 15.0 Å². The smallest absolute Gasteiger partial charge is 0.410 e. The Balaban J connectivity index is 2.44. The maximum Gasteiger partial charge on any atom is 0.410 e.